The van der Waals surface area contributed by atoms with E-state index in [0.29, 0.717) is 0 Å². The molecule has 0 saturated carbocycles. The fraction of sp³-hybridized carbons (Fsp3) is 0.235. The minimum Gasteiger partial charge on any atom is -0.452 e. The van der Waals surface area contributed by atoms with Crippen molar-refractivity contribution in [2.45, 2.75) is 19.4 Å². The first-order valence-electron chi connectivity index (χ1n) is 7.49. The van der Waals surface area contributed by atoms with Crippen molar-refractivity contribution in [2.75, 3.05) is 12.3 Å². The van der Waals surface area contributed by atoms with Crippen LogP contribution in [0.2, 0.25) is 0 Å². The van der Waals surface area contributed by atoms with Crippen LogP contribution >= 0.6 is 15.9 Å². The van der Waals surface area contributed by atoms with Gasteiger partial charge in [-0.15, -0.1) is 0 Å². The Morgan fingerprint density at radius 3 is 2.62 bits per heavy atom. The number of hydrogen-bond donors (Lipinski definition) is 2. The van der Waals surface area contributed by atoms with Crippen LogP contribution in [0.25, 0.3) is 0 Å². The number of rotatable bonds is 6. The molecule has 1 atom stereocenters. The van der Waals surface area contributed by atoms with Crippen molar-refractivity contribution in [1.29, 1.82) is 0 Å². The maximum Gasteiger partial charge on any atom is 0.347 e. The molecule has 2 rings (SSSR count). The molecule has 1 aromatic heterocycles. The molecule has 0 aliphatic rings. The highest BCUT2D eigenvalue weighted by molar-refractivity contribution is 9.10. The van der Waals surface area contributed by atoms with Crippen LogP contribution in [0.5, 0.6) is 0 Å². The van der Waals surface area contributed by atoms with Crippen LogP contribution in [0.15, 0.2) is 47.1 Å². The quantitative estimate of drug-likeness (QED) is 0.736. The van der Waals surface area contributed by atoms with E-state index in [2.05, 4.69) is 26.2 Å². The van der Waals surface area contributed by atoms with Crippen molar-refractivity contribution in [3.05, 3.63) is 58.2 Å². The molecular weight excluding hydrogens is 374 g/mol. The molecule has 6 nitrogen and oxygen atoms in total. The SMILES string of the molecule is CC[C@H](NC(=O)COC(=O)c1ccc[nH+]c1N)c1ccc(Br)cc1. The molecule has 1 aromatic carbocycles. The topological polar surface area (TPSA) is 95.6 Å². The Hall–Kier alpha value is -2.41. The van der Waals surface area contributed by atoms with Crippen LogP contribution in [-0.2, 0) is 9.53 Å². The number of esters is 1. The lowest BCUT2D eigenvalue weighted by Gasteiger charge is -2.17. The number of carbonyl (C=O) groups excluding carboxylic acids is 2. The number of ether oxygens (including phenoxy) is 1. The van der Waals surface area contributed by atoms with Gasteiger partial charge >= 0.3 is 5.97 Å². The molecule has 7 heteroatoms. The summed E-state index contributed by atoms with van der Waals surface area (Å²) in [5.41, 5.74) is 6.85. The summed E-state index contributed by atoms with van der Waals surface area (Å²) in [6, 6.07) is 10.7. The number of amides is 1. The molecule has 4 N–H and O–H groups in total. The van der Waals surface area contributed by atoms with Crippen LogP contribution in [-0.4, -0.2) is 18.5 Å². The molecule has 2 aromatic rings. The van der Waals surface area contributed by atoms with Crippen LogP contribution in [0, 0.1) is 0 Å². The lowest BCUT2D eigenvalue weighted by Crippen LogP contribution is -2.32. The summed E-state index contributed by atoms with van der Waals surface area (Å²) in [5, 5.41) is 2.85. The van der Waals surface area contributed by atoms with Gasteiger partial charge in [0.25, 0.3) is 11.7 Å². The highest BCUT2D eigenvalue weighted by Crippen LogP contribution is 2.19. The third-order valence-electron chi connectivity index (χ3n) is 3.46. The fourth-order valence-electron chi connectivity index (χ4n) is 2.19. The first-order valence-corrected chi connectivity index (χ1v) is 8.28. The lowest BCUT2D eigenvalue weighted by atomic mass is 10.0. The number of hydrogen-bond acceptors (Lipinski definition) is 4. The van der Waals surface area contributed by atoms with Gasteiger partial charge in [-0.1, -0.05) is 35.0 Å². The van der Waals surface area contributed by atoms with Gasteiger partial charge in [-0.2, -0.15) is 0 Å². The Balaban J connectivity index is 1.91. The minimum absolute atomic E-state index is 0.139. The van der Waals surface area contributed by atoms with Gasteiger partial charge in [0.1, 0.15) is 5.56 Å². The molecule has 0 aliphatic heterocycles. The summed E-state index contributed by atoms with van der Waals surface area (Å²) in [6.07, 6.45) is 2.32. The van der Waals surface area contributed by atoms with E-state index in [4.69, 9.17) is 10.5 Å². The third kappa shape index (κ3) is 4.79. The van der Waals surface area contributed by atoms with Crippen LogP contribution in [0.4, 0.5) is 5.82 Å². The molecule has 0 saturated heterocycles. The van der Waals surface area contributed by atoms with Crippen molar-refractivity contribution in [1.82, 2.24) is 5.32 Å². The number of aromatic nitrogens is 1. The average Bonchev–Trinajstić information content (AvgIpc) is 2.59. The number of nitrogen functional groups attached to an aromatic ring is 1. The van der Waals surface area contributed by atoms with Gasteiger partial charge in [-0.05, 0) is 36.2 Å². The van der Waals surface area contributed by atoms with Gasteiger partial charge in [0, 0.05) is 4.47 Å². The number of nitrogens with two attached hydrogens (primary N) is 1. The van der Waals surface area contributed by atoms with Gasteiger partial charge in [0.15, 0.2) is 6.61 Å². The molecule has 0 fully saturated rings. The van der Waals surface area contributed by atoms with Crippen molar-refractivity contribution >= 4 is 33.6 Å². The zero-order chi connectivity index (χ0) is 17.5. The molecule has 24 heavy (non-hydrogen) atoms. The summed E-state index contributed by atoms with van der Waals surface area (Å²) < 4.78 is 5.98. The van der Waals surface area contributed by atoms with E-state index in [9.17, 15) is 9.59 Å². The van der Waals surface area contributed by atoms with Crippen molar-refractivity contribution in [3.8, 4) is 0 Å². The normalized spacial score (nSPS) is 11.6. The fourth-order valence-corrected chi connectivity index (χ4v) is 2.45. The summed E-state index contributed by atoms with van der Waals surface area (Å²) >= 11 is 3.38. The van der Waals surface area contributed by atoms with Crippen molar-refractivity contribution in [3.63, 3.8) is 0 Å². The highest BCUT2D eigenvalue weighted by atomic mass is 79.9. The van der Waals surface area contributed by atoms with Gasteiger partial charge in [0.05, 0.1) is 12.2 Å². The van der Waals surface area contributed by atoms with Crippen LogP contribution in [0.3, 0.4) is 0 Å². The zero-order valence-corrected chi connectivity index (χ0v) is 14.8. The number of pyridine rings is 1. The summed E-state index contributed by atoms with van der Waals surface area (Å²) in [5.74, 6) is -0.808. The van der Waals surface area contributed by atoms with E-state index >= 15 is 0 Å². The second-order valence-corrected chi connectivity index (χ2v) is 6.07. The number of nitrogens with one attached hydrogen (secondary N) is 2. The monoisotopic (exact) mass is 392 g/mol. The number of H-pyrrole nitrogens is 1. The van der Waals surface area contributed by atoms with E-state index in [0.717, 1.165) is 16.5 Å². The summed E-state index contributed by atoms with van der Waals surface area (Å²) in [6.45, 7) is 1.61. The van der Waals surface area contributed by atoms with E-state index in [-0.39, 0.29) is 29.9 Å². The molecule has 0 spiro atoms. The molecule has 0 bridgehead atoms. The van der Waals surface area contributed by atoms with E-state index in [1.807, 2.05) is 31.2 Å². The predicted molar refractivity (Wildman–Crippen MR) is 93.0 cm³/mol. The van der Waals surface area contributed by atoms with Crippen molar-refractivity contribution in [2.24, 2.45) is 0 Å². The maximum absolute atomic E-state index is 12.0. The molecule has 1 heterocycles. The minimum atomic E-state index is -0.642. The largest absolute Gasteiger partial charge is 0.452 e. The molecular formula is C17H19BrN3O3+. The Kier molecular flexibility index (Phi) is 6.31. The Morgan fingerprint density at radius 2 is 2.00 bits per heavy atom. The zero-order valence-electron chi connectivity index (χ0n) is 13.2. The molecule has 0 unspecified atom stereocenters. The maximum atomic E-state index is 12.0. The van der Waals surface area contributed by atoms with E-state index < -0.39 is 5.97 Å². The Bertz CT molecular complexity index is 719. The number of halogens is 1. The highest BCUT2D eigenvalue weighted by Gasteiger charge is 2.18. The predicted octanol–water partition coefficient (Wildman–Crippen LogP) is 2.27. The number of aromatic amines is 1. The second-order valence-electron chi connectivity index (χ2n) is 5.15. The molecule has 1 amide bonds. The van der Waals surface area contributed by atoms with Gasteiger partial charge in [-0.25, -0.2) is 9.78 Å². The van der Waals surface area contributed by atoms with Crippen LogP contribution in [0.1, 0.15) is 35.3 Å². The van der Waals surface area contributed by atoms with E-state index in [1.165, 1.54) is 6.07 Å². The number of carbonyl (C=O) groups is 2. The Morgan fingerprint density at radius 1 is 1.29 bits per heavy atom. The average molecular weight is 393 g/mol. The van der Waals surface area contributed by atoms with Gasteiger partial charge < -0.3 is 10.1 Å². The molecule has 126 valence electrons. The smallest absolute Gasteiger partial charge is 0.347 e. The standard InChI is InChI=1S/C17H18BrN3O3/c1-2-14(11-5-7-12(18)8-6-11)21-15(22)10-24-17(23)13-4-3-9-20-16(13)19/h3-9,14H,2,10H2,1H3,(H2,19,20)(H,21,22)/p+1/t14-/m0/s1. The van der Waals surface area contributed by atoms with Gasteiger partial charge in [0.2, 0.25) is 0 Å². The number of benzene rings is 1. The van der Waals surface area contributed by atoms with Crippen LogP contribution < -0.4 is 16.0 Å². The van der Waals surface area contributed by atoms with Crippen molar-refractivity contribution < 1.29 is 19.3 Å². The molecule has 0 radical (unpaired) electrons. The lowest BCUT2D eigenvalue weighted by molar-refractivity contribution is -0.360. The molecule has 0 aliphatic carbocycles. The third-order valence-corrected chi connectivity index (χ3v) is 3.99. The summed E-state index contributed by atoms with van der Waals surface area (Å²) in [7, 11) is 0. The summed E-state index contributed by atoms with van der Waals surface area (Å²) in [4.78, 5) is 26.7. The second kappa shape index (κ2) is 8.44. The first kappa shape index (κ1) is 17.9. The number of anilines is 1. The van der Waals surface area contributed by atoms with E-state index in [1.54, 1.807) is 12.3 Å². The Labute approximate surface area is 148 Å². The first-order chi connectivity index (χ1) is 11.5. The van der Waals surface area contributed by atoms with Gasteiger partial charge in [-0.3, -0.25) is 10.5 Å².